The molecule has 1 atom stereocenters. The Morgan fingerprint density at radius 2 is 2.22 bits per heavy atom. The van der Waals surface area contributed by atoms with Gasteiger partial charge in [0.05, 0.1) is 35.1 Å². The van der Waals surface area contributed by atoms with E-state index in [1.54, 1.807) is 13.1 Å². The molecule has 0 saturated heterocycles. The second kappa shape index (κ2) is 7.03. The van der Waals surface area contributed by atoms with Crippen molar-refractivity contribution in [2.75, 3.05) is 0 Å². The van der Waals surface area contributed by atoms with Crippen molar-refractivity contribution in [3.63, 3.8) is 0 Å². The summed E-state index contributed by atoms with van der Waals surface area (Å²) in [5.74, 6) is -0.345. The lowest BCUT2D eigenvalue weighted by molar-refractivity contribution is -0.389. The molecule has 0 spiro atoms. The minimum Gasteiger partial charge on any atom is -0.358 e. The molecule has 0 fully saturated rings. The van der Waals surface area contributed by atoms with Crippen molar-refractivity contribution in [1.82, 2.24) is 24.9 Å². The van der Waals surface area contributed by atoms with E-state index < -0.39 is 4.92 Å². The van der Waals surface area contributed by atoms with Crippen molar-refractivity contribution >= 4 is 11.7 Å². The van der Waals surface area contributed by atoms with E-state index in [1.165, 1.54) is 10.7 Å². The van der Waals surface area contributed by atoms with Crippen LogP contribution in [-0.2, 0) is 17.9 Å². The van der Waals surface area contributed by atoms with E-state index in [9.17, 15) is 14.9 Å². The lowest BCUT2D eigenvalue weighted by atomic mass is 10.2. The van der Waals surface area contributed by atoms with Gasteiger partial charge >= 0.3 is 5.82 Å². The van der Waals surface area contributed by atoms with Gasteiger partial charge in [0.1, 0.15) is 0 Å². The molecule has 2 aromatic rings. The zero-order valence-corrected chi connectivity index (χ0v) is 13.4. The summed E-state index contributed by atoms with van der Waals surface area (Å²) in [5.41, 5.74) is 1.59. The van der Waals surface area contributed by atoms with Crippen molar-refractivity contribution in [2.24, 2.45) is 0 Å². The third-order valence-corrected chi connectivity index (χ3v) is 3.58. The van der Waals surface area contributed by atoms with Crippen LogP contribution in [0.3, 0.4) is 0 Å². The van der Waals surface area contributed by atoms with Crippen LogP contribution in [0.25, 0.3) is 0 Å². The van der Waals surface area contributed by atoms with Gasteiger partial charge in [-0.3, -0.25) is 9.48 Å². The minimum atomic E-state index is -0.544. The van der Waals surface area contributed by atoms with Crippen LogP contribution in [-0.4, -0.2) is 30.4 Å². The van der Waals surface area contributed by atoms with Crippen LogP contribution < -0.4 is 5.32 Å². The summed E-state index contributed by atoms with van der Waals surface area (Å²) in [6.45, 7) is 6.63. The molecule has 9 nitrogen and oxygen atoms in total. The van der Waals surface area contributed by atoms with Gasteiger partial charge in [-0.15, -0.1) is 0 Å². The highest BCUT2D eigenvalue weighted by molar-refractivity contribution is 5.76. The first kappa shape index (κ1) is 16.7. The van der Waals surface area contributed by atoms with Crippen LogP contribution in [0.5, 0.6) is 0 Å². The van der Waals surface area contributed by atoms with Crippen LogP contribution in [0, 0.1) is 17.0 Å². The third-order valence-electron chi connectivity index (χ3n) is 3.58. The van der Waals surface area contributed by atoms with Gasteiger partial charge in [-0.2, -0.15) is 9.78 Å². The summed E-state index contributed by atoms with van der Waals surface area (Å²) >= 11 is 0. The highest BCUT2D eigenvalue weighted by Crippen LogP contribution is 2.13. The molecule has 0 radical (unpaired) electrons. The van der Waals surface area contributed by atoms with Crippen molar-refractivity contribution < 1.29 is 9.72 Å². The number of hydrogen-bond donors (Lipinski definition) is 1. The summed E-state index contributed by atoms with van der Waals surface area (Å²) in [7, 11) is 0. The highest BCUT2D eigenvalue weighted by Gasteiger charge is 2.17. The minimum absolute atomic E-state index is 0.140. The molecule has 0 bridgehead atoms. The number of nitrogens with zero attached hydrogens (tertiary/aromatic N) is 5. The normalized spacial score (nSPS) is 12.1. The van der Waals surface area contributed by atoms with Crippen molar-refractivity contribution in [2.45, 2.75) is 46.3 Å². The molecule has 0 aliphatic rings. The van der Waals surface area contributed by atoms with Crippen molar-refractivity contribution in [3.05, 3.63) is 39.8 Å². The second-order valence-electron chi connectivity index (χ2n) is 5.24. The van der Waals surface area contributed by atoms with Crippen molar-refractivity contribution in [1.29, 1.82) is 0 Å². The molecule has 2 rings (SSSR count). The second-order valence-corrected chi connectivity index (χ2v) is 5.24. The largest absolute Gasteiger partial charge is 0.390 e. The maximum atomic E-state index is 12.1. The number of carbonyl (C=O) groups is 1. The van der Waals surface area contributed by atoms with Gasteiger partial charge in [0, 0.05) is 19.2 Å². The lowest BCUT2D eigenvalue weighted by Gasteiger charge is -2.15. The quantitative estimate of drug-likeness (QED) is 0.615. The molecule has 1 N–H and O–H groups in total. The molecule has 9 heteroatoms. The average Bonchev–Trinajstić information content (AvgIpc) is 3.11. The zero-order valence-electron chi connectivity index (χ0n) is 13.4. The van der Waals surface area contributed by atoms with Gasteiger partial charge in [-0.1, -0.05) is 0 Å². The number of amides is 1. The van der Waals surface area contributed by atoms with E-state index in [4.69, 9.17) is 0 Å². The number of nitro groups is 1. The number of rotatable bonds is 7. The number of aromatic nitrogens is 4. The first-order chi connectivity index (χ1) is 10.9. The maximum Gasteiger partial charge on any atom is 0.390 e. The molecular formula is C14H20N6O3. The van der Waals surface area contributed by atoms with E-state index in [2.05, 4.69) is 15.5 Å². The SMILES string of the molecule is CCn1nccc1C(C)NC(=O)CCn1nc([N+](=O)[O-])cc1C. The Morgan fingerprint density at radius 3 is 2.83 bits per heavy atom. The molecule has 1 unspecified atom stereocenters. The molecule has 2 heterocycles. The smallest absolute Gasteiger partial charge is 0.358 e. The lowest BCUT2D eigenvalue weighted by Crippen LogP contribution is -2.29. The van der Waals surface area contributed by atoms with E-state index in [0.717, 1.165) is 12.2 Å². The Morgan fingerprint density at radius 1 is 1.48 bits per heavy atom. The zero-order chi connectivity index (χ0) is 17.0. The van der Waals surface area contributed by atoms with E-state index in [-0.39, 0.29) is 24.2 Å². The Labute approximate surface area is 133 Å². The summed E-state index contributed by atoms with van der Waals surface area (Å²) in [4.78, 5) is 22.2. The molecule has 1 amide bonds. The van der Waals surface area contributed by atoms with Crippen LogP contribution in [0.15, 0.2) is 18.3 Å². The van der Waals surface area contributed by atoms with E-state index in [1.807, 2.05) is 24.6 Å². The molecule has 0 aliphatic carbocycles. The van der Waals surface area contributed by atoms with Gasteiger partial charge in [0.15, 0.2) is 0 Å². The molecule has 124 valence electrons. The van der Waals surface area contributed by atoms with Gasteiger partial charge in [-0.25, -0.2) is 0 Å². The molecule has 0 aromatic carbocycles. The highest BCUT2D eigenvalue weighted by atomic mass is 16.6. The van der Waals surface area contributed by atoms with Gasteiger partial charge < -0.3 is 15.4 Å². The topological polar surface area (TPSA) is 108 Å². The standard InChI is InChI=1S/C14H20N6O3/c1-4-18-12(5-7-15-18)11(3)16-14(21)6-8-19-10(2)9-13(17-19)20(22)23/h5,7,9,11H,4,6,8H2,1-3H3,(H,16,21). The van der Waals surface area contributed by atoms with Gasteiger partial charge in [0.25, 0.3) is 0 Å². The van der Waals surface area contributed by atoms with Crippen LogP contribution >= 0.6 is 0 Å². The fourth-order valence-electron chi connectivity index (χ4n) is 2.38. The molecule has 2 aromatic heterocycles. The fourth-order valence-corrected chi connectivity index (χ4v) is 2.38. The average molecular weight is 320 g/mol. The Bertz CT molecular complexity index is 705. The molecular weight excluding hydrogens is 300 g/mol. The summed E-state index contributed by atoms with van der Waals surface area (Å²) in [6, 6.07) is 3.11. The number of carbonyl (C=O) groups excluding carboxylic acids is 1. The first-order valence-corrected chi connectivity index (χ1v) is 7.42. The first-order valence-electron chi connectivity index (χ1n) is 7.42. The molecule has 0 saturated carbocycles. The van der Waals surface area contributed by atoms with Gasteiger partial charge in [0.2, 0.25) is 5.91 Å². The molecule has 0 aliphatic heterocycles. The van der Waals surface area contributed by atoms with Crippen LogP contribution in [0.2, 0.25) is 0 Å². The summed E-state index contributed by atoms with van der Waals surface area (Å²) in [6.07, 6.45) is 1.90. The predicted octanol–water partition coefficient (Wildman–Crippen LogP) is 1.58. The van der Waals surface area contributed by atoms with Crippen molar-refractivity contribution in [3.8, 4) is 0 Å². The van der Waals surface area contributed by atoms with Crippen LogP contribution in [0.1, 0.15) is 37.7 Å². The monoisotopic (exact) mass is 320 g/mol. The van der Waals surface area contributed by atoms with Crippen LogP contribution in [0.4, 0.5) is 5.82 Å². The van der Waals surface area contributed by atoms with E-state index >= 15 is 0 Å². The third kappa shape index (κ3) is 3.93. The number of hydrogen-bond acceptors (Lipinski definition) is 5. The molecule has 23 heavy (non-hydrogen) atoms. The summed E-state index contributed by atoms with van der Waals surface area (Å²) in [5, 5.41) is 21.6. The van der Waals surface area contributed by atoms with E-state index in [0.29, 0.717) is 12.2 Å². The fraction of sp³-hybridized carbons (Fsp3) is 0.500. The number of aryl methyl sites for hydroxylation is 3. The van der Waals surface area contributed by atoms with Gasteiger partial charge in [-0.05, 0) is 31.8 Å². The summed E-state index contributed by atoms with van der Waals surface area (Å²) < 4.78 is 3.30. The maximum absolute atomic E-state index is 12.1. The number of nitrogens with one attached hydrogen (secondary N) is 1. The predicted molar refractivity (Wildman–Crippen MR) is 82.7 cm³/mol. The Balaban J connectivity index is 1.91. The Hall–Kier alpha value is -2.71. The Kier molecular flexibility index (Phi) is 5.09.